The first-order chi connectivity index (χ1) is 9.72. The summed E-state index contributed by atoms with van der Waals surface area (Å²) in [5.74, 6) is 0.740. The number of rotatable bonds is 4. The summed E-state index contributed by atoms with van der Waals surface area (Å²) in [7, 11) is 0. The Labute approximate surface area is 116 Å². The second-order valence-electron chi connectivity index (χ2n) is 4.75. The number of nitrogens with zero attached hydrogens (tertiary/aromatic N) is 1. The molecule has 0 saturated carbocycles. The molecule has 2 heterocycles. The van der Waals surface area contributed by atoms with E-state index in [4.69, 9.17) is 10.5 Å². The molecule has 3 rings (SSSR count). The Kier molecular flexibility index (Phi) is 3.35. The van der Waals surface area contributed by atoms with Gasteiger partial charge < -0.3 is 15.8 Å². The van der Waals surface area contributed by atoms with Crippen LogP contribution < -0.4 is 15.8 Å². The van der Waals surface area contributed by atoms with E-state index in [9.17, 15) is 4.79 Å². The van der Waals surface area contributed by atoms with Gasteiger partial charge in [0.15, 0.2) is 0 Å². The maximum absolute atomic E-state index is 11.3. The van der Waals surface area contributed by atoms with Crippen molar-refractivity contribution in [1.29, 1.82) is 0 Å². The molecule has 0 radical (unpaired) electrons. The van der Waals surface area contributed by atoms with Crippen LogP contribution in [0.1, 0.15) is 17.2 Å². The molecule has 2 aromatic rings. The van der Waals surface area contributed by atoms with Crippen LogP contribution in [-0.4, -0.2) is 17.5 Å². The lowest BCUT2D eigenvalue weighted by molar-refractivity contribution is -0.115. The van der Waals surface area contributed by atoms with E-state index in [1.54, 1.807) is 12.4 Å². The number of carbonyl (C=O) groups excluding carboxylic acids is 1. The fraction of sp³-hybridized carbons (Fsp3) is 0.200. The molecule has 0 aliphatic carbocycles. The van der Waals surface area contributed by atoms with E-state index >= 15 is 0 Å². The number of fused-ring (bicyclic) bond motifs is 1. The molecular weight excluding hydrogens is 254 g/mol. The van der Waals surface area contributed by atoms with Crippen LogP contribution in [0.25, 0.3) is 0 Å². The van der Waals surface area contributed by atoms with E-state index in [0.29, 0.717) is 13.0 Å². The monoisotopic (exact) mass is 269 g/mol. The molecule has 1 aromatic carbocycles. The van der Waals surface area contributed by atoms with Crippen molar-refractivity contribution < 1.29 is 9.53 Å². The fourth-order valence-electron chi connectivity index (χ4n) is 2.17. The van der Waals surface area contributed by atoms with Gasteiger partial charge in [-0.05, 0) is 35.4 Å². The van der Waals surface area contributed by atoms with Gasteiger partial charge in [0.05, 0.1) is 12.5 Å². The SMILES string of the molecule is N[C@@H](COc1ccc2c(c1)CC(=O)N2)c1cccnc1. The zero-order valence-electron chi connectivity index (χ0n) is 10.9. The largest absolute Gasteiger partial charge is 0.492 e. The van der Waals surface area contributed by atoms with Gasteiger partial charge in [-0.3, -0.25) is 9.78 Å². The standard InChI is InChI=1S/C15H15N3O2/c16-13(10-2-1-5-17-8-10)9-20-12-3-4-14-11(6-12)7-15(19)18-14/h1-6,8,13H,7,9,16H2,(H,18,19)/t13-/m0/s1. The van der Waals surface area contributed by atoms with Crippen molar-refractivity contribution in [3.8, 4) is 5.75 Å². The van der Waals surface area contributed by atoms with Crippen molar-refractivity contribution in [1.82, 2.24) is 4.98 Å². The third-order valence-electron chi connectivity index (χ3n) is 3.24. The predicted molar refractivity (Wildman–Crippen MR) is 75.4 cm³/mol. The second kappa shape index (κ2) is 5.30. The van der Waals surface area contributed by atoms with Gasteiger partial charge in [0.25, 0.3) is 0 Å². The number of nitrogens with one attached hydrogen (secondary N) is 1. The average Bonchev–Trinajstić information content (AvgIpc) is 2.85. The summed E-state index contributed by atoms with van der Waals surface area (Å²) in [6.45, 7) is 0.367. The Morgan fingerprint density at radius 3 is 3.10 bits per heavy atom. The molecule has 0 unspecified atom stereocenters. The summed E-state index contributed by atoms with van der Waals surface area (Å²) in [5, 5.41) is 2.79. The van der Waals surface area contributed by atoms with Crippen molar-refractivity contribution >= 4 is 11.6 Å². The van der Waals surface area contributed by atoms with Gasteiger partial charge in [0.2, 0.25) is 5.91 Å². The summed E-state index contributed by atoms with van der Waals surface area (Å²) in [6.07, 6.45) is 3.85. The van der Waals surface area contributed by atoms with Gasteiger partial charge in [0.1, 0.15) is 12.4 Å². The summed E-state index contributed by atoms with van der Waals surface area (Å²) >= 11 is 0. The highest BCUT2D eigenvalue weighted by Crippen LogP contribution is 2.27. The molecule has 0 bridgehead atoms. The van der Waals surface area contributed by atoms with Crippen LogP contribution in [0.4, 0.5) is 5.69 Å². The van der Waals surface area contributed by atoms with Crippen LogP contribution in [0, 0.1) is 0 Å². The fourth-order valence-corrected chi connectivity index (χ4v) is 2.17. The summed E-state index contributed by atoms with van der Waals surface area (Å²) in [4.78, 5) is 15.3. The van der Waals surface area contributed by atoms with Gasteiger partial charge in [-0.15, -0.1) is 0 Å². The van der Waals surface area contributed by atoms with Gasteiger partial charge in [-0.2, -0.15) is 0 Å². The maximum atomic E-state index is 11.3. The topological polar surface area (TPSA) is 77.2 Å². The lowest BCUT2D eigenvalue weighted by Gasteiger charge is -2.13. The number of pyridine rings is 1. The van der Waals surface area contributed by atoms with E-state index in [-0.39, 0.29) is 11.9 Å². The molecule has 0 fully saturated rings. The number of anilines is 1. The molecule has 102 valence electrons. The van der Waals surface area contributed by atoms with E-state index in [0.717, 1.165) is 22.6 Å². The average molecular weight is 269 g/mol. The third-order valence-corrected chi connectivity index (χ3v) is 3.24. The Balaban J connectivity index is 1.65. The number of hydrogen-bond donors (Lipinski definition) is 2. The summed E-state index contributed by atoms with van der Waals surface area (Å²) < 4.78 is 5.69. The minimum Gasteiger partial charge on any atom is -0.492 e. The lowest BCUT2D eigenvalue weighted by Crippen LogP contribution is -2.19. The molecule has 5 nitrogen and oxygen atoms in total. The van der Waals surface area contributed by atoms with Gasteiger partial charge in [-0.1, -0.05) is 6.07 Å². The first-order valence-corrected chi connectivity index (χ1v) is 6.43. The molecule has 20 heavy (non-hydrogen) atoms. The van der Waals surface area contributed by atoms with E-state index < -0.39 is 0 Å². The number of nitrogens with two attached hydrogens (primary N) is 1. The Morgan fingerprint density at radius 1 is 1.40 bits per heavy atom. The second-order valence-corrected chi connectivity index (χ2v) is 4.75. The van der Waals surface area contributed by atoms with Crippen molar-refractivity contribution in [3.63, 3.8) is 0 Å². The summed E-state index contributed by atoms with van der Waals surface area (Å²) in [6, 6.07) is 9.11. The number of hydrogen-bond acceptors (Lipinski definition) is 4. The maximum Gasteiger partial charge on any atom is 0.228 e. The van der Waals surface area contributed by atoms with Crippen LogP contribution in [-0.2, 0) is 11.2 Å². The number of ether oxygens (including phenoxy) is 1. The molecule has 1 aromatic heterocycles. The zero-order valence-corrected chi connectivity index (χ0v) is 10.9. The van der Waals surface area contributed by atoms with Gasteiger partial charge >= 0.3 is 0 Å². The van der Waals surface area contributed by atoms with E-state index in [1.165, 1.54) is 0 Å². The van der Waals surface area contributed by atoms with Crippen LogP contribution in [0.15, 0.2) is 42.7 Å². The quantitative estimate of drug-likeness (QED) is 0.884. The number of benzene rings is 1. The minimum atomic E-state index is -0.225. The molecule has 1 aliphatic rings. The van der Waals surface area contributed by atoms with E-state index in [1.807, 2.05) is 30.3 Å². The first-order valence-electron chi connectivity index (χ1n) is 6.43. The van der Waals surface area contributed by atoms with Crippen LogP contribution >= 0.6 is 0 Å². The highest BCUT2D eigenvalue weighted by Gasteiger charge is 2.18. The molecule has 0 spiro atoms. The molecule has 3 N–H and O–H groups in total. The number of aromatic nitrogens is 1. The van der Waals surface area contributed by atoms with Crippen molar-refractivity contribution in [2.45, 2.75) is 12.5 Å². The van der Waals surface area contributed by atoms with E-state index in [2.05, 4.69) is 10.3 Å². The van der Waals surface area contributed by atoms with Crippen molar-refractivity contribution in [2.75, 3.05) is 11.9 Å². The number of amides is 1. The Hall–Kier alpha value is -2.40. The lowest BCUT2D eigenvalue weighted by atomic mass is 10.1. The molecular formula is C15H15N3O2. The van der Waals surface area contributed by atoms with Gasteiger partial charge in [-0.25, -0.2) is 0 Å². The van der Waals surface area contributed by atoms with Crippen LogP contribution in [0.2, 0.25) is 0 Å². The number of carbonyl (C=O) groups is 1. The molecule has 1 atom stereocenters. The smallest absolute Gasteiger partial charge is 0.228 e. The highest BCUT2D eigenvalue weighted by molar-refractivity contribution is 5.99. The van der Waals surface area contributed by atoms with Crippen LogP contribution in [0.5, 0.6) is 5.75 Å². The Morgan fingerprint density at radius 2 is 2.30 bits per heavy atom. The Bertz CT molecular complexity index is 628. The minimum absolute atomic E-state index is 0.0178. The predicted octanol–water partition coefficient (Wildman–Crippen LogP) is 1.66. The van der Waals surface area contributed by atoms with Crippen molar-refractivity contribution in [3.05, 3.63) is 53.9 Å². The van der Waals surface area contributed by atoms with Crippen LogP contribution in [0.3, 0.4) is 0 Å². The third kappa shape index (κ3) is 2.62. The normalized spacial score (nSPS) is 14.6. The molecule has 5 heteroatoms. The molecule has 1 aliphatic heterocycles. The molecule has 1 amide bonds. The summed E-state index contributed by atoms with van der Waals surface area (Å²) in [5.41, 5.74) is 8.80. The first kappa shape index (κ1) is 12.6. The zero-order chi connectivity index (χ0) is 13.9. The van der Waals surface area contributed by atoms with Gasteiger partial charge in [0, 0.05) is 18.1 Å². The van der Waals surface area contributed by atoms with Crippen molar-refractivity contribution in [2.24, 2.45) is 5.73 Å². The molecule has 0 saturated heterocycles. The highest BCUT2D eigenvalue weighted by atomic mass is 16.5.